The van der Waals surface area contributed by atoms with Gasteiger partial charge in [-0.3, -0.25) is 4.79 Å². The zero-order valence-electron chi connectivity index (χ0n) is 11.9. The number of carbonyl (C=O) groups excluding carboxylic acids is 1. The number of carbonyl (C=O) groups is 1. The number of rotatable bonds is 3. The molecule has 1 saturated carbocycles. The van der Waals surface area contributed by atoms with Gasteiger partial charge in [0.1, 0.15) is 0 Å². The van der Waals surface area contributed by atoms with Crippen molar-refractivity contribution >= 4 is 44.2 Å². The maximum Gasteiger partial charge on any atom is 0.253 e. The Morgan fingerprint density at radius 2 is 1.90 bits per heavy atom. The van der Waals surface area contributed by atoms with Gasteiger partial charge >= 0.3 is 0 Å². The molecule has 0 radical (unpaired) electrons. The Bertz CT molecular complexity index is 682. The average Bonchev–Trinajstić information content (AvgIpc) is 2.44. The summed E-state index contributed by atoms with van der Waals surface area (Å²) in [6.07, 6.45) is 2.04. The summed E-state index contributed by atoms with van der Waals surface area (Å²) in [4.78, 5) is 14.3. The van der Waals surface area contributed by atoms with E-state index in [2.05, 4.69) is 22.0 Å². The third kappa shape index (κ3) is 3.24. The Hall–Kier alpha value is -1.06. The van der Waals surface area contributed by atoms with E-state index in [4.69, 9.17) is 11.6 Å². The van der Waals surface area contributed by atoms with Crippen molar-refractivity contribution in [1.29, 1.82) is 0 Å². The normalized spacial score (nSPS) is 21.1. The summed E-state index contributed by atoms with van der Waals surface area (Å²) in [6.45, 7) is 0.792. The van der Waals surface area contributed by atoms with Crippen LogP contribution in [-0.2, 0) is 0 Å². The maximum atomic E-state index is 12.5. The van der Waals surface area contributed by atoms with E-state index in [1.54, 1.807) is 0 Å². The minimum Gasteiger partial charge on any atom is -0.341 e. The van der Waals surface area contributed by atoms with Crippen molar-refractivity contribution in [3.63, 3.8) is 0 Å². The molecule has 2 aromatic rings. The summed E-state index contributed by atoms with van der Waals surface area (Å²) in [5, 5.41) is 2.52. The molecule has 3 rings (SSSR count). The molecule has 0 atom stereocenters. The first kappa shape index (κ1) is 14.9. The molecule has 0 spiro atoms. The first-order chi connectivity index (χ1) is 10.0. The van der Waals surface area contributed by atoms with Crippen LogP contribution < -0.4 is 0 Å². The molecule has 1 aliphatic rings. The fourth-order valence-electron chi connectivity index (χ4n) is 2.84. The second-order valence-corrected chi connectivity index (χ2v) is 7.36. The van der Waals surface area contributed by atoms with Crippen LogP contribution in [0.1, 0.15) is 23.2 Å². The lowest BCUT2D eigenvalue weighted by Crippen LogP contribution is -2.37. The zero-order valence-corrected chi connectivity index (χ0v) is 14.2. The van der Waals surface area contributed by atoms with Crippen LogP contribution in [0.4, 0.5) is 0 Å². The van der Waals surface area contributed by atoms with Gasteiger partial charge < -0.3 is 4.90 Å². The van der Waals surface area contributed by atoms with Gasteiger partial charge in [0.25, 0.3) is 5.91 Å². The molecule has 0 aliphatic heterocycles. The minimum absolute atomic E-state index is 0.0813. The van der Waals surface area contributed by atoms with Gasteiger partial charge in [-0.25, -0.2) is 0 Å². The molecule has 1 amide bonds. The molecule has 0 saturated heterocycles. The quantitative estimate of drug-likeness (QED) is 0.722. The first-order valence-electron chi connectivity index (χ1n) is 7.12. The van der Waals surface area contributed by atoms with Crippen molar-refractivity contribution in [2.24, 2.45) is 5.92 Å². The third-order valence-corrected chi connectivity index (χ3v) is 4.96. The number of hydrogen-bond acceptors (Lipinski definition) is 1. The Kier molecular flexibility index (Phi) is 4.23. The maximum absolute atomic E-state index is 12.5. The Labute approximate surface area is 138 Å². The summed E-state index contributed by atoms with van der Waals surface area (Å²) in [5.74, 6) is 0.635. The van der Waals surface area contributed by atoms with Crippen molar-refractivity contribution in [3.8, 4) is 0 Å². The molecule has 2 nitrogen and oxygen atoms in total. The lowest BCUT2D eigenvalue weighted by Gasteiger charge is -2.34. The van der Waals surface area contributed by atoms with Gasteiger partial charge in [0.05, 0.1) is 0 Å². The van der Waals surface area contributed by atoms with E-state index in [1.807, 2.05) is 42.3 Å². The molecule has 1 fully saturated rings. The third-order valence-electron chi connectivity index (χ3n) is 4.11. The second kappa shape index (κ2) is 5.98. The molecule has 0 bridgehead atoms. The average molecular weight is 367 g/mol. The van der Waals surface area contributed by atoms with E-state index in [0.717, 1.165) is 40.2 Å². The number of benzene rings is 2. The summed E-state index contributed by atoms with van der Waals surface area (Å²) in [5.41, 5.74) is 0.745. The van der Waals surface area contributed by atoms with E-state index in [1.165, 1.54) is 0 Å². The Morgan fingerprint density at radius 3 is 2.62 bits per heavy atom. The van der Waals surface area contributed by atoms with E-state index < -0.39 is 0 Å². The number of alkyl halides is 1. The Balaban J connectivity index is 1.76. The highest BCUT2D eigenvalue weighted by Gasteiger charge is 2.29. The van der Waals surface area contributed by atoms with Crippen LogP contribution in [0.5, 0.6) is 0 Å². The molecule has 21 heavy (non-hydrogen) atoms. The smallest absolute Gasteiger partial charge is 0.253 e. The van der Waals surface area contributed by atoms with Crippen molar-refractivity contribution < 1.29 is 4.79 Å². The van der Waals surface area contributed by atoms with E-state index >= 15 is 0 Å². The Morgan fingerprint density at radius 1 is 1.24 bits per heavy atom. The number of nitrogens with zero attached hydrogens (tertiary/aromatic N) is 1. The monoisotopic (exact) mass is 365 g/mol. The van der Waals surface area contributed by atoms with Crippen molar-refractivity contribution in [3.05, 3.63) is 46.4 Å². The lowest BCUT2D eigenvalue weighted by molar-refractivity contribution is 0.0747. The highest BCUT2D eigenvalue weighted by molar-refractivity contribution is 9.10. The van der Waals surface area contributed by atoms with Crippen LogP contribution in [-0.4, -0.2) is 29.8 Å². The van der Waals surface area contributed by atoms with Gasteiger partial charge in [-0.1, -0.05) is 28.1 Å². The van der Waals surface area contributed by atoms with E-state index in [0.29, 0.717) is 11.3 Å². The van der Waals surface area contributed by atoms with Gasteiger partial charge in [-0.05, 0) is 53.8 Å². The van der Waals surface area contributed by atoms with Crippen LogP contribution in [0.15, 0.2) is 40.9 Å². The summed E-state index contributed by atoms with van der Waals surface area (Å²) >= 11 is 9.46. The van der Waals surface area contributed by atoms with Gasteiger partial charge in [-0.15, -0.1) is 11.6 Å². The predicted octanol–water partition coefficient (Wildman–Crippen LogP) is 4.69. The van der Waals surface area contributed by atoms with E-state index in [9.17, 15) is 4.79 Å². The molecule has 110 valence electrons. The lowest BCUT2D eigenvalue weighted by atomic mass is 9.84. The molecular formula is C17H17BrClNO. The zero-order chi connectivity index (χ0) is 15.0. The predicted molar refractivity (Wildman–Crippen MR) is 91.0 cm³/mol. The van der Waals surface area contributed by atoms with Crippen LogP contribution >= 0.6 is 27.5 Å². The number of halogens is 2. The fourth-order valence-corrected chi connectivity index (χ4v) is 3.73. The van der Waals surface area contributed by atoms with Crippen molar-refractivity contribution in [1.82, 2.24) is 4.90 Å². The molecular weight excluding hydrogens is 350 g/mol. The molecule has 1 aliphatic carbocycles. The van der Waals surface area contributed by atoms with Gasteiger partial charge in [0.15, 0.2) is 0 Å². The molecule has 0 aromatic heterocycles. The van der Waals surface area contributed by atoms with Gasteiger partial charge in [0, 0.05) is 29.0 Å². The van der Waals surface area contributed by atoms with Crippen LogP contribution in [0.3, 0.4) is 0 Å². The first-order valence-corrected chi connectivity index (χ1v) is 8.35. The standard InChI is InChI=1S/C17H17BrClNO/c1-20(10-11-6-16(19)7-11)17(21)14-3-2-13-9-15(18)5-4-12(13)8-14/h2-5,8-9,11,16H,6-7,10H2,1H3. The van der Waals surface area contributed by atoms with Crippen LogP contribution in [0.25, 0.3) is 10.8 Å². The summed E-state index contributed by atoms with van der Waals surface area (Å²) in [6, 6.07) is 11.9. The second-order valence-electron chi connectivity index (χ2n) is 5.83. The molecule has 0 heterocycles. The van der Waals surface area contributed by atoms with E-state index in [-0.39, 0.29) is 5.91 Å². The highest BCUT2D eigenvalue weighted by Crippen LogP contribution is 2.32. The van der Waals surface area contributed by atoms with Gasteiger partial charge in [-0.2, -0.15) is 0 Å². The van der Waals surface area contributed by atoms with Crippen LogP contribution in [0, 0.1) is 5.92 Å². The topological polar surface area (TPSA) is 20.3 Å². The number of hydrogen-bond donors (Lipinski definition) is 0. The molecule has 0 N–H and O–H groups in total. The largest absolute Gasteiger partial charge is 0.341 e. The van der Waals surface area contributed by atoms with Crippen LogP contribution in [0.2, 0.25) is 0 Å². The number of amides is 1. The number of fused-ring (bicyclic) bond motifs is 1. The highest BCUT2D eigenvalue weighted by atomic mass is 79.9. The molecule has 4 heteroatoms. The SMILES string of the molecule is CN(CC1CC(Cl)C1)C(=O)c1ccc2cc(Br)ccc2c1. The fraction of sp³-hybridized carbons (Fsp3) is 0.353. The van der Waals surface area contributed by atoms with Gasteiger partial charge in [0.2, 0.25) is 0 Å². The molecule has 2 aromatic carbocycles. The summed E-state index contributed by atoms with van der Waals surface area (Å²) < 4.78 is 1.05. The van der Waals surface area contributed by atoms with Crippen molar-refractivity contribution in [2.45, 2.75) is 18.2 Å². The summed E-state index contributed by atoms with van der Waals surface area (Å²) in [7, 11) is 1.87. The van der Waals surface area contributed by atoms with Crippen molar-refractivity contribution in [2.75, 3.05) is 13.6 Å². The minimum atomic E-state index is 0.0813. The molecule has 0 unspecified atom stereocenters.